The first-order valence-electron chi connectivity index (χ1n) is 5.41. The Kier molecular flexibility index (Phi) is 2.53. The van der Waals surface area contributed by atoms with Gasteiger partial charge in [0.25, 0.3) is 0 Å². The van der Waals surface area contributed by atoms with Crippen molar-refractivity contribution in [1.29, 1.82) is 0 Å². The van der Waals surface area contributed by atoms with Crippen LogP contribution in [0.25, 0.3) is 11.0 Å². The summed E-state index contributed by atoms with van der Waals surface area (Å²) in [6.07, 6.45) is -0.237. The van der Waals surface area contributed by atoms with Crippen LogP contribution in [0.3, 0.4) is 0 Å². The molecule has 0 amide bonds. The summed E-state index contributed by atoms with van der Waals surface area (Å²) >= 11 is 0. The average Bonchev–Trinajstić information content (AvgIpc) is 2.80. The van der Waals surface area contributed by atoms with E-state index in [0.29, 0.717) is 24.5 Å². The number of ether oxygens (including phenoxy) is 1. The van der Waals surface area contributed by atoms with Gasteiger partial charge >= 0.3 is 0 Å². The number of aromatic amines is 1. The molecule has 1 unspecified atom stereocenters. The van der Waals surface area contributed by atoms with E-state index in [1.807, 2.05) is 0 Å². The van der Waals surface area contributed by atoms with Gasteiger partial charge in [-0.05, 0) is 12.1 Å². The van der Waals surface area contributed by atoms with Crippen LogP contribution >= 0.6 is 0 Å². The Labute approximate surface area is 96.0 Å². The fourth-order valence-electron chi connectivity index (χ4n) is 1.93. The highest BCUT2D eigenvalue weighted by molar-refractivity contribution is 5.75. The number of H-pyrrole nitrogens is 1. The monoisotopic (exact) mass is 239 g/mol. The summed E-state index contributed by atoms with van der Waals surface area (Å²) in [6, 6.07) is 2.56. The van der Waals surface area contributed by atoms with Crippen molar-refractivity contribution < 1.29 is 13.5 Å². The summed E-state index contributed by atoms with van der Waals surface area (Å²) in [5, 5.41) is 3.15. The highest BCUT2D eigenvalue weighted by Crippen LogP contribution is 2.22. The Hall–Kier alpha value is -1.53. The zero-order valence-electron chi connectivity index (χ0n) is 8.96. The van der Waals surface area contributed by atoms with Crippen molar-refractivity contribution in [2.45, 2.75) is 6.10 Å². The third kappa shape index (κ3) is 1.79. The van der Waals surface area contributed by atoms with Gasteiger partial charge in [0.1, 0.15) is 17.4 Å². The molecule has 0 bridgehead atoms. The van der Waals surface area contributed by atoms with Crippen LogP contribution < -0.4 is 5.32 Å². The van der Waals surface area contributed by atoms with E-state index in [9.17, 15) is 8.78 Å². The summed E-state index contributed by atoms with van der Waals surface area (Å²) in [5.74, 6) is -1.29. The number of rotatable bonds is 1. The minimum atomic E-state index is -0.922. The smallest absolute Gasteiger partial charge is 0.186 e. The van der Waals surface area contributed by atoms with E-state index in [2.05, 4.69) is 15.3 Å². The minimum Gasteiger partial charge on any atom is -0.368 e. The maximum atomic E-state index is 13.5. The van der Waals surface area contributed by atoms with Crippen molar-refractivity contribution in [3.05, 3.63) is 29.6 Å². The molecule has 1 aliphatic heterocycles. The Morgan fingerprint density at radius 3 is 3.00 bits per heavy atom. The molecule has 2 aromatic rings. The molecule has 1 aromatic heterocycles. The molecule has 0 radical (unpaired) electrons. The van der Waals surface area contributed by atoms with Crippen LogP contribution in [0.4, 0.5) is 8.78 Å². The fraction of sp³-hybridized carbons (Fsp3) is 0.364. The first-order valence-corrected chi connectivity index (χ1v) is 5.41. The van der Waals surface area contributed by atoms with Crippen LogP contribution in [-0.2, 0) is 4.74 Å². The molecule has 0 aliphatic carbocycles. The van der Waals surface area contributed by atoms with Gasteiger partial charge < -0.3 is 15.0 Å². The van der Waals surface area contributed by atoms with Crippen molar-refractivity contribution in [2.75, 3.05) is 19.7 Å². The van der Waals surface area contributed by atoms with Crippen molar-refractivity contribution in [2.24, 2.45) is 0 Å². The Balaban J connectivity index is 2.04. The van der Waals surface area contributed by atoms with Crippen LogP contribution in [-0.4, -0.2) is 29.7 Å². The average molecular weight is 239 g/mol. The second kappa shape index (κ2) is 4.05. The third-order valence-corrected chi connectivity index (χ3v) is 2.80. The molecule has 4 nitrogen and oxygen atoms in total. The molecule has 1 saturated heterocycles. The number of hydrogen-bond donors (Lipinski definition) is 2. The fourth-order valence-corrected chi connectivity index (χ4v) is 1.93. The predicted octanol–water partition coefficient (Wildman–Crippen LogP) is 1.50. The maximum absolute atomic E-state index is 13.5. The summed E-state index contributed by atoms with van der Waals surface area (Å²) in [6.45, 7) is 1.99. The Morgan fingerprint density at radius 2 is 2.24 bits per heavy atom. The Bertz CT molecular complexity index is 549. The van der Waals surface area contributed by atoms with Gasteiger partial charge in [0.05, 0.1) is 12.1 Å². The first-order chi connectivity index (χ1) is 8.25. The van der Waals surface area contributed by atoms with E-state index < -0.39 is 11.6 Å². The topological polar surface area (TPSA) is 49.9 Å². The summed E-state index contributed by atoms with van der Waals surface area (Å²) in [4.78, 5) is 7.01. The van der Waals surface area contributed by atoms with Gasteiger partial charge in [-0.1, -0.05) is 0 Å². The molecule has 0 spiro atoms. The zero-order valence-corrected chi connectivity index (χ0v) is 8.96. The number of imidazole rings is 1. The molecule has 17 heavy (non-hydrogen) atoms. The number of halogens is 2. The van der Waals surface area contributed by atoms with Gasteiger partial charge in [-0.15, -0.1) is 0 Å². The number of aromatic nitrogens is 2. The van der Waals surface area contributed by atoms with Gasteiger partial charge in [0.2, 0.25) is 0 Å². The van der Waals surface area contributed by atoms with Crippen molar-refractivity contribution >= 4 is 11.0 Å². The van der Waals surface area contributed by atoms with E-state index in [4.69, 9.17) is 4.74 Å². The molecule has 90 valence electrons. The predicted molar refractivity (Wildman–Crippen MR) is 57.6 cm³/mol. The molecule has 2 N–H and O–H groups in total. The number of benzene rings is 1. The van der Waals surface area contributed by atoms with Gasteiger partial charge in [0, 0.05) is 13.1 Å². The zero-order chi connectivity index (χ0) is 11.8. The lowest BCUT2D eigenvalue weighted by molar-refractivity contribution is 0.0228. The second-order valence-corrected chi connectivity index (χ2v) is 3.94. The van der Waals surface area contributed by atoms with Crippen LogP contribution in [0.5, 0.6) is 0 Å². The highest BCUT2D eigenvalue weighted by Gasteiger charge is 2.21. The number of nitrogens with one attached hydrogen (secondary N) is 2. The van der Waals surface area contributed by atoms with E-state index in [1.165, 1.54) is 6.07 Å². The number of morpholine rings is 1. The second-order valence-electron chi connectivity index (χ2n) is 3.94. The summed E-state index contributed by atoms with van der Waals surface area (Å²) < 4.78 is 32.0. The van der Waals surface area contributed by atoms with E-state index in [-0.39, 0.29) is 11.6 Å². The molecular formula is C11H11F2N3O. The van der Waals surface area contributed by atoms with Gasteiger partial charge in [0.15, 0.2) is 11.6 Å². The quantitative estimate of drug-likeness (QED) is 0.793. The lowest BCUT2D eigenvalue weighted by Crippen LogP contribution is -2.33. The molecule has 1 atom stereocenters. The van der Waals surface area contributed by atoms with E-state index in [1.54, 1.807) is 0 Å². The SMILES string of the molecule is Fc1ccc2[nH]c(C3CNCCO3)nc2c1F. The van der Waals surface area contributed by atoms with Crippen LogP contribution in [0.1, 0.15) is 11.9 Å². The summed E-state index contributed by atoms with van der Waals surface area (Å²) in [7, 11) is 0. The van der Waals surface area contributed by atoms with Gasteiger partial charge in [-0.2, -0.15) is 0 Å². The molecule has 1 aromatic carbocycles. The van der Waals surface area contributed by atoms with Crippen molar-refractivity contribution in [3.63, 3.8) is 0 Å². The number of nitrogens with zero attached hydrogens (tertiary/aromatic N) is 1. The standard InChI is InChI=1S/C11H11F2N3O/c12-6-1-2-7-10(9(6)13)16-11(15-7)8-5-14-3-4-17-8/h1-2,8,14H,3-5H2,(H,15,16). The Morgan fingerprint density at radius 1 is 1.35 bits per heavy atom. The molecule has 1 aliphatic rings. The third-order valence-electron chi connectivity index (χ3n) is 2.80. The normalized spacial score (nSPS) is 20.9. The lowest BCUT2D eigenvalue weighted by atomic mass is 10.3. The largest absolute Gasteiger partial charge is 0.368 e. The van der Waals surface area contributed by atoms with Gasteiger partial charge in [-0.25, -0.2) is 13.8 Å². The number of fused-ring (bicyclic) bond motifs is 1. The van der Waals surface area contributed by atoms with Crippen molar-refractivity contribution in [3.8, 4) is 0 Å². The van der Waals surface area contributed by atoms with Gasteiger partial charge in [-0.3, -0.25) is 0 Å². The number of hydrogen-bond acceptors (Lipinski definition) is 3. The maximum Gasteiger partial charge on any atom is 0.186 e. The molecule has 6 heteroatoms. The van der Waals surface area contributed by atoms with E-state index in [0.717, 1.165) is 12.6 Å². The molecule has 3 rings (SSSR count). The minimum absolute atomic E-state index is 0.0224. The van der Waals surface area contributed by atoms with Crippen LogP contribution in [0.2, 0.25) is 0 Å². The van der Waals surface area contributed by atoms with E-state index >= 15 is 0 Å². The molecule has 1 fully saturated rings. The van der Waals surface area contributed by atoms with Crippen LogP contribution in [0, 0.1) is 11.6 Å². The molecular weight excluding hydrogens is 228 g/mol. The summed E-state index contributed by atoms with van der Waals surface area (Å²) in [5.41, 5.74) is 0.502. The molecule has 2 heterocycles. The van der Waals surface area contributed by atoms with Crippen molar-refractivity contribution in [1.82, 2.24) is 15.3 Å². The van der Waals surface area contributed by atoms with Crippen LogP contribution in [0.15, 0.2) is 12.1 Å². The highest BCUT2D eigenvalue weighted by atomic mass is 19.2. The molecule has 0 saturated carbocycles. The lowest BCUT2D eigenvalue weighted by Gasteiger charge is -2.21. The first kappa shape index (κ1) is 10.6.